The standard InChI is InChI=1S/C22H25NO6/c1-3-4-14-28-22(26)23-18(15-8-6-5-7-9-15)19(21(24)25)29-20(23)16-10-12-17(27-2)13-11-16/h5-13,18-20H,3-4,14H2,1-2H3,(H,24,25)/t18-,19+,20+/m0/s1. The number of carboxylic acid groups (broad SMARTS) is 1. The highest BCUT2D eigenvalue weighted by Crippen LogP contribution is 2.43. The Morgan fingerprint density at radius 2 is 1.76 bits per heavy atom. The zero-order valence-electron chi connectivity index (χ0n) is 16.5. The third-order valence-corrected chi connectivity index (χ3v) is 4.83. The van der Waals surface area contributed by atoms with Gasteiger partial charge in [-0.05, 0) is 24.1 Å². The summed E-state index contributed by atoms with van der Waals surface area (Å²) in [4.78, 5) is 26.3. The summed E-state index contributed by atoms with van der Waals surface area (Å²) in [6.45, 7) is 2.26. The first-order valence-corrected chi connectivity index (χ1v) is 9.59. The van der Waals surface area contributed by atoms with Gasteiger partial charge < -0.3 is 19.3 Å². The van der Waals surface area contributed by atoms with Crippen LogP contribution in [0.3, 0.4) is 0 Å². The van der Waals surface area contributed by atoms with Gasteiger partial charge in [0.05, 0.1) is 13.7 Å². The minimum atomic E-state index is -1.22. The molecule has 1 amide bonds. The lowest BCUT2D eigenvalue weighted by atomic mass is 10.0. The largest absolute Gasteiger partial charge is 0.497 e. The van der Waals surface area contributed by atoms with Crippen molar-refractivity contribution >= 4 is 12.1 Å². The van der Waals surface area contributed by atoms with Crippen LogP contribution in [-0.4, -0.2) is 41.9 Å². The van der Waals surface area contributed by atoms with Crippen LogP contribution >= 0.6 is 0 Å². The van der Waals surface area contributed by atoms with Crippen LogP contribution in [0.5, 0.6) is 5.75 Å². The van der Waals surface area contributed by atoms with Gasteiger partial charge in [-0.3, -0.25) is 4.90 Å². The highest BCUT2D eigenvalue weighted by molar-refractivity contribution is 5.77. The van der Waals surface area contributed by atoms with Gasteiger partial charge in [0.2, 0.25) is 0 Å². The second kappa shape index (κ2) is 9.43. The normalized spacial score (nSPS) is 21.0. The topological polar surface area (TPSA) is 85.3 Å². The van der Waals surface area contributed by atoms with E-state index in [1.165, 1.54) is 4.90 Å². The van der Waals surface area contributed by atoms with E-state index in [2.05, 4.69) is 0 Å². The van der Waals surface area contributed by atoms with Crippen molar-refractivity contribution in [1.82, 2.24) is 4.90 Å². The lowest BCUT2D eigenvalue weighted by molar-refractivity contribution is -0.150. The van der Waals surface area contributed by atoms with E-state index in [9.17, 15) is 14.7 Å². The number of ether oxygens (including phenoxy) is 3. The molecule has 1 aliphatic rings. The van der Waals surface area contributed by atoms with Crippen LogP contribution in [0.15, 0.2) is 54.6 Å². The fourth-order valence-electron chi connectivity index (χ4n) is 3.34. The predicted octanol–water partition coefficient (Wildman–Crippen LogP) is 4.16. The van der Waals surface area contributed by atoms with Crippen molar-refractivity contribution in [3.63, 3.8) is 0 Å². The number of carboxylic acids is 1. The molecule has 3 atom stereocenters. The van der Waals surface area contributed by atoms with Crippen LogP contribution in [0, 0.1) is 0 Å². The van der Waals surface area contributed by atoms with E-state index in [0.717, 1.165) is 12.8 Å². The van der Waals surface area contributed by atoms with Crippen molar-refractivity contribution in [2.75, 3.05) is 13.7 Å². The third kappa shape index (κ3) is 4.51. The molecule has 0 spiro atoms. The van der Waals surface area contributed by atoms with Gasteiger partial charge in [0.1, 0.15) is 11.8 Å². The number of carbonyl (C=O) groups is 2. The number of benzene rings is 2. The van der Waals surface area contributed by atoms with Gasteiger partial charge in [-0.1, -0.05) is 55.8 Å². The van der Waals surface area contributed by atoms with Gasteiger partial charge in [0.25, 0.3) is 0 Å². The Kier molecular flexibility index (Phi) is 6.72. The molecule has 1 heterocycles. The molecule has 0 aliphatic carbocycles. The van der Waals surface area contributed by atoms with Gasteiger partial charge in [-0.25, -0.2) is 9.59 Å². The molecule has 1 N–H and O–H groups in total. The number of amides is 1. The maximum atomic E-state index is 13.0. The molecule has 154 valence electrons. The fourth-order valence-corrected chi connectivity index (χ4v) is 3.34. The van der Waals surface area contributed by atoms with Gasteiger partial charge in [0, 0.05) is 5.56 Å². The molecular formula is C22H25NO6. The van der Waals surface area contributed by atoms with Gasteiger partial charge in [0.15, 0.2) is 12.3 Å². The average Bonchev–Trinajstić information content (AvgIpc) is 3.15. The molecule has 0 aromatic heterocycles. The second-order valence-corrected chi connectivity index (χ2v) is 6.75. The second-order valence-electron chi connectivity index (χ2n) is 6.75. The van der Waals surface area contributed by atoms with Gasteiger partial charge >= 0.3 is 12.1 Å². The van der Waals surface area contributed by atoms with Crippen LogP contribution in [0.25, 0.3) is 0 Å². The summed E-state index contributed by atoms with van der Waals surface area (Å²) in [5, 5.41) is 9.78. The number of hydrogen-bond donors (Lipinski definition) is 1. The summed E-state index contributed by atoms with van der Waals surface area (Å²) in [6.07, 6.45) is -1.10. The molecule has 3 rings (SSSR count). The third-order valence-electron chi connectivity index (χ3n) is 4.83. The van der Waals surface area contributed by atoms with Crippen LogP contribution in [0.2, 0.25) is 0 Å². The Morgan fingerprint density at radius 3 is 2.34 bits per heavy atom. The van der Waals surface area contributed by atoms with E-state index in [1.54, 1.807) is 55.6 Å². The summed E-state index contributed by atoms with van der Waals surface area (Å²) in [5.74, 6) is -0.487. The highest BCUT2D eigenvalue weighted by Gasteiger charge is 2.50. The Balaban J connectivity index is 2.00. The Morgan fingerprint density at radius 1 is 1.07 bits per heavy atom. The van der Waals surface area contributed by atoms with Crippen molar-refractivity contribution < 1.29 is 28.9 Å². The maximum absolute atomic E-state index is 13.0. The molecule has 2 aromatic rings. The van der Waals surface area contributed by atoms with Crippen molar-refractivity contribution in [3.8, 4) is 5.75 Å². The SMILES string of the molecule is CCCCOC(=O)N1[C@@H](c2ccc(OC)cc2)O[C@@H](C(=O)O)[C@@H]1c1ccccc1. The van der Waals surface area contributed by atoms with Crippen LogP contribution in [-0.2, 0) is 14.3 Å². The molecule has 1 saturated heterocycles. The summed E-state index contributed by atoms with van der Waals surface area (Å²) in [6, 6.07) is 15.2. The maximum Gasteiger partial charge on any atom is 0.412 e. The lowest BCUT2D eigenvalue weighted by Crippen LogP contribution is -2.37. The predicted molar refractivity (Wildman–Crippen MR) is 106 cm³/mol. The number of nitrogens with zero attached hydrogens (tertiary/aromatic N) is 1. The van der Waals surface area contributed by atoms with Crippen molar-refractivity contribution in [3.05, 3.63) is 65.7 Å². The lowest BCUT2D eigenvalue weighted by Gasteiger charge is -2.28. The number of hydrogen-bond acceptors (Lipinski definition) is 5. The quantitative estimate of drug-likeness (QED) is 0.704. The molecule has 0 saturated carbocycles. The molecule has 7 heteroatoms. The zero-order chi connectivity index (χ0) is 20.8. The van der Waals surface area contributed by atoms with E-state index in [0.29, 0.717) is 16.9 Å². The van der Waals surface area contributed by atoms with E-state index >= 15 is 0 Å². The van der Waals surface area contributed by atoms with E-state index in [-0.39, 0.29) is 6.61 Å². The Bertz CT molecular complexity index is 823. The van der Waals surface area contributed by atoms with Crippen LogP contribution in [0.4, 0.5) is 4.79 Å². The molecule has 2 aromatic carbocycles. The first kappa shape index (κ1) is 20.7. The monoisotopic (exact) mass is 399 g/mol. The molecule has 0 unspecified atom stereocenters. The minimum absolute atomic E-state index is 0.264. The first-order valence-electron chi connectivity index (χ1n) is 9.59. The van der Waals surface area contributed by atoms with E-state index < -0.39 is 30.4 Å². The fraction of sp³-hybridized carbons (Fsp3) is 0.364. The molecule has 1 aliphatic heterocycles. The van der Waals surface area contributed by atoms with E-state index in [4.69, 9.17) is 14.2 Å². The van der Waals surface area contributed by atoms with Crippen molar-refractivity contribution in [2.45, 2.75) is 38.1 Å². The summed E-state index contributed by atoms with van der Waals surface area (Å²) < 4.78 is 16.5. The average molecular weight is 399 g/mol. The molecular weight excluding hydrogens is 374 g/mol. The molecule has 29 heavy (non-hydrogen) atoms. The summed E-state index contributed by atoms with van der Waals surface area (Å²) in [5.41, 5.74) is 1.31. The first-order chi connectivity index (χ1) is 14.1. The number of methoxy groups -OCH3 is 1. The molecule has 0 bridgehead atoms. The van der Waals surface area contributed by atoms with E-state index in [1.807, 2.05) is 13.0 Å². The van der Waals surface area contributed by atoms with Gasteiger partial charge in [-0.15, -0.1) is 0 Å². The highest BCUT2D eigenvalue weighted by atomic mass is 16.6. The molecule has 1 fully saturated rings. The number of rotatable bonds is 7. The van der Waals surface area contributed by atoms with Crippen LogP contribution in [0.1, 0.15) is 43.2 Å². The van der Waals surface area contributed by atoms with Gasteiger partial charge in [-0.2, -0.15) is 0 Å². The smallest absolute Gasteiger partial charge is 0.412 e. The number of carbonyl (C=O) groups excluding carboxylic acids is 1. The molecule has 0 radical (unpaired) electrons. The van der Waals surface area contributed by atoms with Crippen LogP contribution < -0.4 is 4.74 Å². The number of aliphatic carboxylic acids is 1. The number of unbranched alkanes of at least 4 members (excludes halogenated alkanes) is 1. The Hall–Kier alpha value is -3.06. The zero-order valence-corrected chi connectivity index (χ0v) is 16.5. The molecule has 7 nitrogen and oxygen atoms in total. The summed E-state index contributed by atoms with van der Waals surface area (Å²) in [7, 11) is 1.56. The summed E-state index contributed by atoms with van der Waals surface area (Å²) >= 11 is 0. The Labute approximate surface area is 169 Å². The van der Waals surface area contributed by atoms with Crippen molar-refractivity contribution in [1.29, 1.82) is 0 Å². The minimum Gasteiger partial charge on any atom is -0.497 e. The van der Waals surface area contributed by atoms with Crippen molar-refractivity contribution in [2.24, 2.45) is 0 Å².